The minimum Gasteiger partial charge on any atom is -0.392 e. The number of amides is 2. The maximum Gasteiger partial charge on any atom is 0.242 e. The Hall–Kier alpha value is -1.95. The van der Waals surface area contributed by atoms with Crippen molar-refractivity contribution in [3.8, 4) is 0 Å². The van der Waals surface area contributed by atoms with Gasteiger partial charge in [-0.25, -0.2) is 0 Å². The molecule has 0 spiro atoms. The Morgan fingerprint density at radius 1 is 1.24 bits per heavy atom. The summed E-state index contributed by atoms with van der Waals surface area (Å²) < 4.78 is 0. The third-order valence-corrected chi connectivity index (χ3v) is 3.22. The summed E-state index contributed by atoms with van der Waals surface area (Å²) in [6.07, 6.45) is 0.839. The van der Waals surface area contributed by atoms with Crippen molar-refractivity contribution in [2.45, 2.75) is 32.2 Å². The molecule has 5 nitrogen and oxygen atoms in total. The van der Waals surface area contributed by atoms with Gasteiger partial charge in [-0.15, -0.1) is 0 Å². The van der Waals surface area contributed by atoms with Crippen LogP contribution in [0, 0.1) is 0 Å². The second-order valence-corrected chi connectivity index (χ2v) is 5.24. The van der Waals surface area contributed by atoms with E-state index in [2.05, 4.69) is 10.6 Å². The molecule has 2 amide bonds. The summed E-state index contributed by atoms with van der Waals surface area (Å²) in [4.78, 5) is 24.2. The predicted molar refractivity (Wildman–Crippen MR) is 86.9 cm³/mol. The number of nitrogens with two attached hydrogens (primary N) is 1. The van der Waals surface area contributed by atoms with Crippen molar-refractivity contribution in [1.82, 2.24) is 10.6 Å². The van der Waals surface area contributed by atoms with E-state index >= 15 is 0 Å². The minimum absolute atomic E-state index is 0.0832. The second kappa shape index (κ2) is 8.36. The molecule has 0 heterocycles. The average molecular weight is 307 g/mol. The van der Waals surface area contributed by atoms with Crippen molar-refractivity contribution in [1.29, 1.82) is 0 Å². The zero-order valence-corrected chi connectivity index (χ0v) is 13.1. The van der Waals surface area contributed by atoms with Crippen LogP contribution in [-0.4, -0.2) is 29.4 Å². The largest absolute Gasteiger partial charge is 0.392 e. The van der Waals surface area contributed by atoms with Crippen LogP contribution in [-0.2, 0) is 9.59 Å². The van der Waals surface area contributed by atoms with Gasteiger partial charge in [-0.3, -0.25) is 9.59 Å². The zero-order valence-electron chi connectivity index (χ0n) is 12.3. The number of hydrogen-bond acceptors (Lipinski definition) is 3. The highest BCUT2D eigenvalue weighted by molar-refractivity contribution is 7.80. The molecular weight excluding hydrogens is 286 g/mol. The molecule has 0 fully saturated rings. The van der Waals surface area contributed by atoms with Gasteiger partial charge in [-0.1, -0.05) is 49.5 Å². The van der Waals surface area contributed by atoms with Gasteiger partial charge in [0.2, 0.25) is 11.8 Å². The number of carbonyl (C=O) groups is 2. The van der Waals surface area contributed by atoms with Gasteiger partial charge in [0.1, 0.15) is 12.0 Å². The normalized spacial score (nSPS) is 13.0. The highest BCUT2D eigenvalue weighted by Gasteiger charge is 2.26. The molecule has 1 aromatic rings. The number of hydrogen-bond donors (Lipinski definition) is 3. The molecule has 2 unspecified atom stereocenters. The number of rotatable bonds is 7. The van der Waals surface area contributed by atoms with Crippen molar-refractivity contribution < 1.29 is 9.59 Å². The van der Waals surface area contributed by atoms with Gasteiger partial charge in [-0.2, -0.15) is 0 Å². The lowest BCUT2D eigenvalue weighted by Crippen LogP contribution is -2.48. The van der Waals surface area contributed by atoms with E-state index in [1.165, 1.54) is 0 Å². The van der Waals surface area contributed by atoms with Crippen LogP contribution >= 0.6 is 12.2 Å². The average Bonchev–Trinajstić information content (AvgIpc) is 2.45. The quantitative estimate of drug-likeness (QED) is 0.658. The van der Waals surface area contributed by atoms with Crippen LogP contribution in [0.2, 0.25) is 0 Å². The first-order chi connectivity index (χ1) is 9.97. The Morgan fingerprint density at radius 2 is 1.86 bits per heavy atom. The Morgan fingerprint density at radius 3 is 2.38 bits per heavy atom. The van der Waals surface area contributed by atoms with E-state index in [-0.39, 0.29) is 16.8 Å². The third kappa shape index (κ3) is 5.15. The van der Waals surface area contributed by atoms with Crippen LogP contribution in [0.3, 0.4) is 0 Å². The summed E-state index contributed by atoms with van der Waals surface area (Å²) >= 11 is 4.98. The topological polar surface area (TPSA) is 84.2 Å². The number of thiocarbonyl (C=S) groups is 1. The molecule has 114 valence electrons. The van der Waals surface area contributed by atoms with E-state index in [0.717, 1.165) is 6.42 Å². The van der Waals surface area contributed by atoms with Crippen molar-refractivity contribution in [2.75, 3.05) is 6.54 Å². The fraction of sp³-hybridized carbons (Fsp3) is 0.400. The molecule has 21 heavy (non-hydrogen) atoms. The standard InChI is InChI=1S/C15H21N3O2S/c1-3-9-17-14(19)10(2)18-15(20)12(13(16)21)11-7-5-4-6-8-11/h4-8,10,12H,3,9H2,1-2H3,(H2,16,21)(H,17,19)(H,18,20). The maximum absolute atomic E-state index is 12.3. The smallest absolute Gasteiger partial charge is 0.242 e. The third-order valence-electron chi connectivity index (χ3n) is 2.98. The molecule has 0 aliphatic heterocycles. The van der Waals surface area contributed by atoms with E-state index < -0.39 is 12.0 Å². The molecule has 0 aliphatic rings. The monoisotopic (exact) mass is 307 g/mol. The fourth-order valence-electron chi connectivity index (χ4n) is 1.85. The number of nitrogens with one attached hydrogen (secondary N) is 2. The van der Waals surface area contributed by atoms with Gasteiger partial charge in [0, 0.05) is 6.54 Å². The first kappa shape index (κ1) is 17.1. The molecule has 6 heteroatoms. The highest BCUT2D eigenvalue weighted by Crippen LogP contribution is 2.16. The van der Waals surface area contributed by atoms with Gasteiger partial charge >= 0.3 is 0 Å². The lowest BCUT2D eigenvalue weighted by Gasteiger charge is -2.19. The van der Waals surface area contributed by atoms with Crippen molar-refractivity contribution in [2.24, 2.45) is 5.73 Å². The summed E-state index contributed by atoms with van der Waals surface area (Å²) in [5.41, 5.74) is 6.38. The van der Waals surface area contributed by atoms with Crippen LogP contribution in [0.4, 0.5) is 0 Å². The summed E-state index contributed by atoms with van der Waals surface area (Å²) in [6.45, 7) is 4.17. The van der Waals surface area contributed by atoms with E-state index in [0.29, 0.717) is 12.1 Å². The molecule has 1 rings (SSSR count). The lowest BCUT2D eigenvalue weighted by atomic mass is 9.98. The summed E-state index contributed by atoms with van der Waals surface area (Å²) in [6, 6.07) is 8.40. The van der Waals surface area contributed by atoms with Crippen molar-refractivity contribution >= 4 is 29.0 Å². The first-order valence-corrected chi connectivity index (χ1v) is 7.30. The Labute approximate surface area is 130 Å². The Bertz CT molecular complexity index is 505. The molecule has 4 N–H and O–H groups in total. The molecule has 0 aliphatic carbocycles. The van der Waals surface area contributed by atoms with E-state index in [9.17, 15) is 9.59 Å². The van der Waals surface area contributed by atoms with Crippen LogP contribution in [0.1, 0.15) is 31.7 Å². The molecule has 0 radical (unpaired) electrons. The van der Waals surface area contributed by atoms with E-state index in [1.807, 2.05) is 25.1 Å². The SMILES string of the molecule is CCCNC(=O)C(C)NC(=O)C(C(N)=S)c1ccccc1. The molecule has 0 saturated carbocycles. The summed E-state index contributed by atoms with van der Waals surface area (Å²) in [5.74, 6) is -1.32. The summed E-state index contributed by atoms with van der Waals surface area (Å²) in [7, 11) is 0. The van der Waals surface area contributed by atoms with Crippen LogP contribution < -0.4 is 16.4 Å². The Kier molecular flexibility index (Phi) is 6.81. The fourth-order valence-corrected chi connectivity index (χ4v) is 2.10. The van der Waals surface area contributed by atoms with Crippen LogP contribution in [0.15, 0.2) is 30.3 Å². The first-order valence-electron chi connectivity index (χ1n) is 6.89. The van der Waals surface area contributed by atoms with Gasteiger partial charge in [0.25, 0.3) is 0 Å². The number of benzene rings is 1. The maximum atomic E-state index is 12.3. The van der Waals surface area contributed by atoms with Gasteiger partial charge < -0.3 is 16.4 Å². The van der Waals surface area contributed by atoms with Gasteiger partial charge in [0.15, 0.2) is 0 Å². The molecule has 1 aromatic carbocycles. The van der Waals surface area contributed by atoms with E-state index in [1.54, 1.807) is 19.1 Å². The molecule has 0 saturated heterocycles. The molecule has 0 bridgehead atoms. The van der Waals surface area contributed by atoms with E-state index in [4.69, 9.17) is 18.0 Å². The van der Waals surface area contributed by atoms with Gasteiger partial charge in [0.05, 0.1) is 4.99 Å². The van der Waals surface area contributed by atoms with Crippen LogP contribution in [0.25, 0.3) is 0 Å². The van der Waals surface area contributed by atoms with Crippen molar-refractivity contribution in [3.05, 3.63) is 35.9 Å². The lowest BCUT2D eigenvalue weighted by molar-refractivity contribution is -0.128. The minimum atomic E-state index is -0.734. The van der Waals surface area contributed by atoms with Crippen molar-refractivity contribution in [3.63, 3.8) is 0 Å². The molecule has 0 aromatic heterocycles. The summed E-state index contributed by atoms with van der Waals surface area (Å²) in [5, 5.41) is 5.38. The predicted octanol–water partition coefficient (Wildman–Crippen LogP) is 1.09. The molecule has 2 atom stereocenters. The zero-order chi connectivity index (χ0) is 15.8. The Balaban J connectivity index is 2.75. The van der Waals surface area contributed by atoms with Gasteiger partial charge in [-0.05, 0) is 18.9 Å². The highest BCUT2D eigenvalue weighted by atomic mass is 32.1. The molecular formula is C15H21N3O2S. The van der Waals surface area contributed by atoms with Crippen LogP contribution in [0.5, 0.6) is 0 Å². The number of carbonyl (C=O) groups excluding carboxylic acids is 2. The second-order valence-electron chi connectivity index (χ2n) is 4.77.